The molecule has 0 saturated carbocycles. The Hall–Kier alpha value is -1.26. The molecule has 0 unspecified atom stereocenters. The molecule has 16 heavy (non-hydrogen) atoms. The summed E-state index contributed by atoms with van der Waals surface area (Å²) in [6.07, 6.45) is 3.74. The van der Waals surface area contributed by atoms with E-state index < -0.39 is 7.12 Å². The summed E-state index contributed by atoms with van der Waals surface area (Å²) in [7, 11) is -1.42. The van der Waals surface area contributed by atoms with Crippen LogP contribution in [0.1, 0.15) is 18.4 Å². The highest BCUT2D eigenvalue weighted by atomic mass is 16.5. The van der Waals surface area contributed by atoms with E-state index in [1.54, 1.807) is 12.1 Å². The van der Waals surface area contributed by atoms with E-state index in [0.717, 1.165) is 24.2 Å². The third-order valence-electron chi connectivity index (χ3n) is 2.34. The minimum atomic E-state index is -1.42. The second-order valence-corrected chi connectivity index (χ2v) is 3.67. The fraction of sp³-hybridized carbons (Fsp3) is 0.333. The standard InChI is InChI=1S/C12H17BO3/c1-3-4-5-8-16-11-6-7-12(13(14)15)10(2)9-11/h3,6-7,9,14-15H,1,4-5,8H2,2H3. The van der Waals surface area contributed by atoms with Gasteiger partial charge in [0.2, 0.25) is 0 Å². The summed E-state index contributed by atoms with van der Waals surface area (Å²) in [6, 6.07) is 5.22. The van der Waals surface area contributed by atoms with Gasteiger partial charge in [0, 0.05) is 0 Å². The largest absolute Gasteiger partial charge is 0.494 e. The van der Waals surface area contributed by atoms with Gasteiger partial charge in [-0.3, -0.25) is 0 Å². The van der Waals surface area contributed by atoms with Gasteiger partial charge in [0.1, 0.15) is 5.75 Å². The molecule has 0 atom stereocenters. The van der Waals surface area contributed by atoms with Crippen LogP contribution < -0.4 is 10.2 Å². The summed E-state index contributed by atoms with van der Waals surface area (Å²) < 4.78 is 5.51. The molecule has 0 heterocycles. The number of benzene rings is 1. The van der Waals surface area contributed by atoms with Crippen molar-refractivity contribution in [1.82, 2.24) is 0 Å². The maximum atomic E-state index is 9.05. The smallest absolute Gasteiger partial charge is 0.488 e. The first-order valence-corrected chi connectivity index (χ1v) is 5.35. The fourth-order valence-corrected chi connectivity index (χ4v) is 1.45. The maximum absolute atomic E-state index is 9.05. The molecule has 0 radical (unpaired) electrons. The van der Waals surface area contributed by atoms with Crippen molar-refractivity contribution >= 4 is 12.6 Å². The molecule has 0 fully saturated rings. The number of unbranched alkanes of at least 4 members (excludes halogenated alkanes) is 1. The number of aryl methyl sites for hydroxylation is 1. The van der Waals surface area contributed by atoms with Gasteiger partial charge < -0.3 is 14.8 Å². The lowest BCUT2D eigenvalue weighted by Crippen LogP contribution is -2.31. The van der Waals surface area contributed by atoms with E-state index in [4.69, 9.17) is 14.8 Å². The Bertz CT molecular complexity index is 350. The number of rotatable bonds is 6. The summed E-state index contributed by atoms with van der Waals surface area (Å²) in [6.45, 7) is 6.11. The van der Waals surface area contributed by atoms with Crippen molar-refractivity contribution in [1.29, 1.82) is 0 Å². The first kappa shape index (κ1) is 12.8. The van der Waals surface area contributed by atoms with E-state index in [9.17, 15) is 0 Å². The zero-order chi connectivity index (χ0) is 12.0. The molecule has 4 heteroatoms. The van der Waals surface area contributed by atoms with Gasteiger partial charge >= 0.3 is 7.12 Å². The molecule has 0 aromatic heterocycles. The van der Waals surface area contributed by atoms with Gasteiger partial charge in [-0.25, -0.2) is 0 Å². The normalized spacial score (nSPS) is 9.94. The number of hydrogen-bond donors (Lipinski definition) is 2. The summed E-state index contributed by atoms with van der Waals surface area (Å²) in [5.74, 6) is 0.756. The monoisotopic (exact) mass is 220 g/mol. The molecule has 0 aliphatic rings. The maximum Gasteiger partial charge on any atom is 0.488 e. The van der Waals surface area contributed by atoms with Gasteiger partial charge in [0.05, 0.1) is 6.61 Å². The first-order chi connectivity index (χ1) is 7.65. The Balaban J connectivity index is 2.56. The highest BCUT2D eigenvalue weighted by Gasteiger charge is 2.13. The number of allylic oxidation sites excluding steroid dienone is 1. The SMILES string of the molecule is C=CCCCOc1ccc(B(O)O)c(C)c1. The van der Waals surface area contributed by atoms with Gasteiger partial charge in [-0.15, -0.1) is 6.58 Å². The van der Waals surface area contributed by atoms with Crippen LogP contribution in [-0.4, -0.2) is 23.8 Å². The lowest BCUT2D eigenvalue weighted by Gasteiger charge is -2.09. The van der Waals surface area contributed by atoms with Crippen molar-refractivity contribution in [2.45, 2.75) is 19.8 Å². The molecule has 1 aromatic rings. The van der Waals surface area contributed by atoms with Crippen molar-refractivity contribution in [2.75, 3.05) is 6.61 Å². The van der Waals surface area contributed by atoms with Crippen molar-refractivity contribution in [3.63, 3.8) is 0 Å². The van der Waals surface area contributed by atoms with Gasteiger partial charge in [0.15, 0.2) is 0 Å². The van der Waals surface area contributed by atoms with Crippen LogP contribution in [0.4, 0.5) is 0 Å². The summed E-state index contributed by atoms with van der Waals surface area (Å²) in [5, 5.41) is 18.1. The molecular weight excluding hydrogens is 203 g/mol. The third kappa shape index (κ3) is 3.72. The Morgan fingerprint density at radius 3 is 2.75 bits per heavy atom. The van der Waals surface area contributed by atoms with Gasteiger partial charge in [0.25, 0.3) is 0 Å². The minimum Gasteiger partial charge on any atom is -0.494 e. The second-order valence-electron chi connectivity index (χ2n) is 3.67. The lowest BCUT2D eigenvalue weighted by atomic mass is 9.77. The lowest BCUT2D eigenvalue weighted by molar-refractivity contribution is 0.312. The van der Waals surface area contributed by atoms with Gasteiger partial charge in [-0.1, -0.05) is 12.1 Å². The second kappa shape index (κ2) is 6.35. The van der Waals surface area contributed by atoms with Crippen LogP contribution in [-0.2, 0) is 0 Å². The van der Waals surface area contributed by atoms with Crippen LogP contribution in [0.15, 0.2) is 30.9 Å². The van der Waals surface area contributed by atoms with E-state index in [2.05, 4.69) is 6.58 Å². The molecule has 1 rings (SSSR count). The molecule has 0 spiro atoms. The van der Waals surface area contributed by atoms with Gasteiger partial charge in [-0.05, 0) is 42.9 Å². The van der Waals surface area contributed by atoms with Crippen LogP contribution in [0.25, 0.3) is 0 Å². The van der Waals surface area contributed by atoms with Crippen LogP contribution in [0.2, 0.25) is 0 Å². The highest BCUT2D eigenvalue weighted by molar-refractivity contribution is 6.59. The predicted octanol–water partition coefficient (Wildman–Crippen LogP) is 1.02. The summed E-state index contributed by atoms with van der Waals surface area (Å²) in [5.41, 5.74) is 1.33. The Morgan fingerprint density at radius 2 is 2.19 bits per heavy atom. The van der Waals surface area contributed by atoms with Crippen molar-refractivity contribution in [2.24, 2.45) is 0 Å². The highest BCUT2D eigenvalue weighted by Crippen LogP contribution is 2.12. The van der Waals surface area contributed by atoms with Crippen LogP contribution in [0, 0.1) is 6.92 Å². The van der Waals surface area contributed by atoms with Crippen LogP contribution >= 0.6 is 0 Å². The summed E-state index contributed by atoms with van der Waals surface area (Å²) >= 11 is 0. The third-order valence-corrected chi connectivity index (χ3v) is 2.34. The molecule has 0 saturated heterocycles. The zero-order valence-corrected chi connectivity index (χ0v) is 9.52. The predicted molar refractivity (Wildman–Crippen MR) is 65.9 cm³/mol. The fourth-order valence-electron chi connectivity index (χ4n) is 1.45. The van der Waals surface area contributed by atoms with E-state index in [1.165, 1.54) is 0 Å². The molecule has 1 aromatic carbocycles. The quantitative estimate of drug-likeness (QED) is 0.427. The molecule has 86 valence electrons. The molecule has 3 nitrogen and oxygen atoms in total. The molecular formula is C12H17BO3. The topological polar surface area (TPSA) is 49.7 Å². The Kier molecular flexibility index (Phi) is 5.09. The van der Waals surface area contributed by atoms with Crippen LogP contribution in [0.3, 0.4) is 0 Å². The van der Waals surface area contributed by atoms with Crippen molar-refractivity contribution in [3.8, 4) is 5.75 Å². The number of ether oxygens (including phenoxy) is 1. The van der Waals surface area contributed by atoms with E-state index in [-0.39, 0.29) is 0 Å². The molecule has 0 amide bonds. The van der Waals surface area contributed by atoms with E-state index >= 15 is 0 Å². The van der Waals surface area contributed by atoms with E-state index in [1.807, 2.05) is 19.1 Å². The zero-order valence-electron chi connectivity index (χ0n) is 9.52. The Morgan fingerprint density at radius 1 is 1.44 bits per heavy atom. The molecule has 2 N–H and O–H groups in total. The van der Waals surface area contributed by atoms with Crippen molar-refractivity contribution in [3.05, 3.63) is 36.4 Å². The Labute approximate surface area is 96.5 Å². The molecule has 0 aliphatic heterocycles. The average molecular weight is 220 g/mol. The molecule has 0 aliphatic carbocycles. The van der Waals surface area contributed by atoms with Crippen molar-refractivity contribution < 1.29 is 14.8 Å². The minimum absolute atomic E-state index is 0.512. The number of hydrogen-bond acceptors (Lipinski definition) is 3. The van der Waals surface area contributed by atoms with Gasteiger partial charge in [-0.2, -0.15) is 0 Å². The summed E-state index contributed by atoms with van der Waals surface area (Å²) in [4.78, 5) is 0. The first-order valence-electron chi connectivity index (χ1n) is 5.35. The van der Waals surface area contributed by atoms with Crippen LogP contribution in [0.5, 0.6) is 5.75 Å². The average Bonchev–Trinajstić information content (AvgIpc) is 2.24. The van der Waals surface area contributed by atoms with E-state index in [0.29, 0.717) is 12.1 Å². The molecule has 0 bridgehead atoms.